The van der Waals surface area contributed by atoms with Gasteiger partial charge in [0.2, 0.25) is 0 Å². The summed E-state index contributed by atoms with van der Waals surface area (Å²) in [5.74, 6) is -0.802. The topological polar surface area (TPSA) is 78.4 Å². The molecule has 1 aromatic carbocycles. The van der Waals surface area contributed by atoms with Gasteiger partial charge in [-0.05, 0) is 16.9 Å². The SMILES string of the molecule is CC(CNC(=O)NC(C(=O)O)c1ccccc1)C(C)(C)C. The number of amides is 2. The van der Waals surface area contributed by atoms with Gasteiger partial charge in [-0.25, -0.2) is 9.59 Å². The maximum Gasteiger partial charge on any atom is 0.330 e. The van der Waals surface area contributed by atoms with Crippen molar-refractivity contribution < 1.29 is 14.7 Å². The Labute approximate surface area is 125 Å². The third-order valence-corrected chi connectivity index (χ3v) is 3.70. The summed E-state index contributed by atoms with van der Waals surface area (Å²) in [5, 5.41) is 14.5. The molecule has 2 amide bonds. The largest absolute Gasteiger partial charge is 0.479 e. The van der Waals surface area contributed by atoms with Crippen LogP contribution < -0.4 is 10.6 Å². The fraction of sp³-hybridized carbons (Fsp3) is 0.500. The molecule has 2 atom stereocenters. The molecule has 1 rings (SSSR count). The summed E-state index contributed by atoms with van der Waals surface area (Å²) in [7, 11) is 0. The van der Waals surface area contributed by atoms with Gasteiger partial charge in [-0.15, -0.1) is 0 Å². The first kappa shape index (κ1) is 17.0. The summed E-state index contributed by atoms with van der Waals surface area (Å²) in [4.78, 5) is 23.2. The van der Waals surface area contributed by atoms with Gasteiger partial charge in [0.1, 0.15) is 0 Å². The second-order valence-electron chi connectivity index (χ2n) is 6.30. The Balaban J connectivity index is 2.61. The van der Waals surface area contributed by atoms with Crippen LogP contribution in [0.1, 0.15) is 39.3 Å². The molecule has 5 heteroatoms. The molecule has 0 heterocycles. The van der Waals surface area contributed by atoms with Gasteiger partial charge in [0.25, 0.3) is 0 Å². The van der Waals surface area contributed by atoms with Crippen molar-refractivity contribution in [2.45, 2.75) is 33.7 Å². The van der Waals surface area contributed by atoms with Gasteiger partial charge in [-0.1, -0.05) is 58.0 Å². The van der Waals surface area contributed by atoms with E-state index in [9.17, 15) is 14.7 Å². The third-order valence-electron chi connectivity index (χ3n) is 3.70. The van der Waals surface area contributed by atoms with Gasteiger partial charge < -0.3 is 15.7 Å². The van der Waals surface area contributed by atoms with Crippen LogP contribution in [-0.4, -0.2) is 23.7 Å². The number of carbonyl (C=O) groups is 2. The number of aliphatic carboxylic acids is 1. The molecule has 0 saturated carbocycles. The van der Waals surface area contributed by atoms with Crippen molar-refractivity contribution in [1.82, 2.24) is 10.6 Å². The minimum Gasteiger partial charge on any atom is -0.479 e. The van der Waals surface area contributed by atoms with Crippen LogP contribution in [0.2, 0.25) is 0 Å². The highest BCUT2D eigenvalue weighted by atomic mass is 16.4. The second-order valence-corrected chi connectivity index (χ2v) is 6.30. The Morgan fingerprint density at radius 3 is 2.24 bits per heavy atom. The van der Waals surface area contributed by atoms with Crippen molar-refractivity contribution >= 4 is 12.0 Å². The standard InChI is InChI=1S/C16H24N2O3/c1-11(16(2,3)4)10-17-15(21)18-13(14(19)20)12-8-6-5-7-9-12/h5-9,11,13H,10H2,1-4H3,(H,19,20)(H2,17,18,21). The van der Waals surface area contributed by atoms with Gasteiger partial charge in [0.05, 0.1) is 0 Å². The normalized spacial score (nSPS) is 14.1. The van der Waals surface area contributed by atoms with Crippen LogP contribution in [-0.2, 0) is 4.79 Å². The zero-order chi connectivity index (χ0) is 16.0. The van der Waals surface area contributed by atoms with Crippen molar-refractivity contribution in [1.29, 1.82) is 0 Å². The lowest BCUT2D eigenvalue weighted by Crippen LogP contribution is -2.43. The first-order valence-electron chi connectivity index (χ1n) is 7.04. The van der Waals surface area contributed by atoms with Crippen LogP contribution in [0.4, 0.5) is 4.79 Å². The van der Waals surface area contributed by atoms with Crippen molar-refractivity contribution in [2.24, 2.45) is 11.3 Å². The number of carboxylic acids is 1. The number of hydrogen-bond donors (Lipinski definition) is 3. The fourth-order valence-corrected chi connectivity index (χ4v) is 1.67. The number of benzene rings is 1. The van der Waals surface area contributed by atoms with Gasteiger partial charge in [0.15, 0.2) is 6.04 Å². The Kier molecular flexibility index (Phi) is 5.76. The van der Waals surface area contributed by atoms with E-state index < -0.39 is 18.0 Å². The Morgan fingerprint density at radius 1 is 1.19 bits per heavy atom. The van der Waals surface area contributed by atoms with Crippen LogP contribution in [0.3, 0.4) is 0 Å². The molecule has 21 heavy (non-hydrogen) atoms. The minimum atomic E-state index is -1.08. The lowest BCUT2D eigenvalue weighted by atomic mass is 9.82. The summed E-state index contributed by atoms with van der Waals surface area (Å²) in [6.45, 7) is 8.84. The number of nitrogens with one attached hydrogen (secondary N) is 2. The Morgan fingerprint density at radius 2 is 1.76 bits per heavy atom. The average molecular weight is 292 g/mol. The smallest absolute Gasteiger partial charge is 0.330 e. The quantitative estimate of drug-likeness (QED) is 0.781. The summed E-state index contributed by atoms with van der Waals surface area (Å²) < 4.78 is 0. The van der Waals surface area contributed by atoms with E-state index in [2.05, 4.69) is 31.4 Å². The van der Waals surface area contributed by atoms with Crippen LogP contribution >= 0.6 is 0 Å². The predicted octanol–water partition coefficient (Wildman–Crippen LogP) is 2.79. The summed E-state index contributed by atoms with van der Waals surface area (Å²) in [5.41, 5.74) is 0.628. The van der Waals surface area contributed by atoms with Crippen LogP contribution in [0, 0.1) is 11.3 Å². The molecule has 0 radical (unpaired) electrons. The van der Waals surface area contributed by atoms with E-state index in [0.717, 1.165) is 0 Å². The molecular weight excluding hydrogens is 268 g/mol. The first-order chi connectivity index (χ1) is 9.71. The van der Waals surface area contributed by atoms with Gasteiger partial charge in [0, 0.05) is 6.54 Å². The van der Waals surface area contributed by atoms with E-state index >= 15 is 0 Å². The third kappa shape index (κ3) is 5.45. The first-order valence-corrected chi connectivity index (χ1v) is 7.04. The number of carbonyl (C=O) groups excluding carboxylic acids is 1. The summed E-state index contributed by atoms with van der Waals surface area (Å²) in [6, 6.07) is 7.12. The highest BCUT2D eigenvalue weighted by Gasteiger charge is 2.23. The maximum atomic E-state index is 11.9. The average Bonchev–Trinajstić information content (AvgIpc) is 2.41. The zero-order valence-corrected chi connectivity index (χ0v) is 13.0. The van der Waals surface area contributed by atoms with Gasteiger partial charge in [-0.3, -0.25) is 0 Å². The van der Waals surface area contributed by atoms with Crippen molar-refractivity contribution in [3.05, 3.63) is 35.9 Å². The molecule has 0 saturated heterocycles. The maximum absolute atomic E-state index is 11.9. The number of urea groups is 1. The lowest BCUT2D eigenvalue weighted by Gasteiger charge is -2.27. The van der Waals surface area contributed by atoms with Crippen molar-refractivity contribution in [3.8, 4) is 0 Å². The van der Waals surface area contributed by atoms with Crippen LogP contribution in [0.5, 0.6) is 0 Å². The van der Waals surface area contributed by atoms with Gasteiger partial charge >= 0.3 is 12.0 Å². The summed E-state index contributed by atoms with van der Waals surface area (Å²) in [6.07, 6.45) is 0. The fourth-order valence-electron chi connectivity index (χ4n) is 1.67. The molecule has 5 nitrogen and oxygen atoms in total. The highest BCUT2D eigenvalue weighted by Crippen LogP contribution is 2.24. The number of rotatable bonds is 5. The molecule has 2 unspecified atom stereocenters. The molecule has 0 aliphatic carbocycles. The van der Waals surface area contributed by atoms with E-state index in [4.69, 9.17) is 0 Å². The molecule has 0 fully saturated rings. The van der Waals surface area contributed by atoms with Crippen LogP contribution in [0.15, 0.2) is 30.3 Å². The molecule has 0 spiro atoms. The van der Waals surface area contributed by atoms with E-state index in [1.54, 1.807) is 30.3 Å². The minimum absolute atomic E-state index is 0.0823. The van der Waals surface area contributed by atoms with E-state index in [-0.39, 0.29) is 11.3 Å². The molecule has 1 aromatic rings. The van der Waals surface area contributed by atoms with E-state index in [1.165, 1.54) is 0 Å². The van der Waals surface area contributed by atoms with Crippen LogP contribution in [0.25, 0.3) is 0 Å². The van der Waals surface area contributed by atoms with Crippen molar-refractivity contribution in [3.63, 3.8) is 0 Å². The molecule has 0 bridgehead atoms. The molecule has 3 N–H and O–H groups in total. The molecule has 0 aliphatic rings. The van der Waals surface area contributed by atoms with E-state index in [0.29, 0.717) is 12.1 Å². The second kappa shape index (κ2) is 7.11. The molecular formula is C16H24N2O3. The Bertz CT molecular complexity index is 480. The highest BCUT2D eigenvalue weighted by molar-refractivity contribution is 5.83. The zero-order valence-electron chi connectivity index (χ0n) is 13.0. The predicted molar refractivity (Wildman–Crippen MR) is 82.0 cm³/mol. The molecule has 0 aliphatic heterocycles. The van der Waals surface area contributed by atoms with Crippen molar-refractivity contribution in [2.75, 3.05) is 6.54 Å². The summed E-state index contributed by atoms with van der Waals surface area (Å²) >= 11 is 0. The molecule has 0 aromatic heterocycles. The number of hydrogen-bond acceptors (Lipinski definition) is 2. The van der Waals surface area contributed by atoms with E-state index in [1.807, 2.05) is 6.92 Å². The Hall–Kier alpha value is -2.04. The lowest BCUT2D eigenvalue weighted by molar-refractivity contribution is -0.139. The number of carboxylic acid groups (broad SMARTS) is 1. The van der Waals surface area contributed by atoms with Gasteiger partial charge in [-0.2, -0.15) is 0 Å². The molecule has 116 valence electrons. The monoisotopic (exact) mass is 292 g/mol.